The van der Waals surface area contributed by atoms with Crippen molar-refractivity contribution in [3.05, 3.63) is 0 Å². The minimum atomic E-state index is 0.429. The van der Waals surface area contributed by atoms with Crippen molar-refractivity contribution in [1.29, 1.82) is 0 Å². The van der Waals surface area contributed by atoms with Gasteiger partial charge >= 0.3 is 73.5 Å². The van der Waals surface area contributed by atoms with Gasteiger partial charge < -0.3 is 0 Å². The van der Waals surface area contributed by atoms with Crippen LogP contribution in [0.4, 0.5) is 0 Å². The summed E-state index contributed by atoms with van der Waals surface area (Å²) in [6.07, 6.45) is 3.15. The number of nitrogens with zero attached hydrogens (tertiary/aromatic N) is 1. The van der Waals surface area contributed by atoms with Gasteiger partial charge in [0.05, 0.1) is 0 Å². The van der Waals surface area contributed by atoms with Gasteiger partial charge in [-0.2, -0.15) is 0 Å². The number of hydrogen-bond acceptors (Lipinski definition) is 3. The van der Waals surface area contributed by atoms with Crippen LogP contribution in [-0.2, 0) is 9.44 Å². The molecular formula is C8H16BNO2. The summed E-state index contributed by atoms with van der Waals surface area (Å²) in [6, 6.07) is 0. The monoisotopic (exact) mass is 169 g/mol. The summed E-state index contributed by atoms with van der Waals surface area (Å²) in [5, 5.41) is 0. The van der Waals surface area contributed by atoms with E-state index in [0.717, 1.165) is 39.7 Å². The van der Waals surface area contributed by atoms with Crippen LogP contribution in [0.5, 0.6) is 0 Å². The van der Waals surface area contributed by atoms with E-state index in [2.05, 4.69) is 4.90 Å². The Hall–Kier alpha value is -0.215. The second kappa shape index (κ2) is 5.43. The molecule has 0 saturated carbocycles. The molecule has 1 rings (SSSR count). The van der Waals surface area contributed by atoms with Crippen molar-refractivity contribution >= 4 is 7.15 Å². The van der Waals surface area contributed by atoms with Crippen molar-refractivity contribution in [3.63, 3.8) is 0 Å². The molecule has 3 nitrogen and oxygen atoms in total. The van der Waals surface area contributed by atoms with E-state index in [1.165, 1.54) is 0 Å². The Balaban J connectivity index is 2.15. The van der Waals surface area contributed by atoms with Gasteiger partial charge in [0.2, 0.25) is 0 Å². The minimum absolute atomic E-state index is 0.429. The first kappa shape index (κ1) is 9.87. The maximum atomic E-state index is 10.2. The average Bonchev–Trinajstić information content (AvgIpc) is 2.09. The fourth-order valence-corrected chi connectivity index (χ4v) is 1.60. The zero-order chi connectivity index (χ0) is 8.81. The standard InChI is InChI=1S/C8H16BNO2/c1-2-12-8-3-5-10(6-4-8)7-9-11/h8H,2-7H2,1H3. The molecule has 1 fully saturated rings. The Morgan fingerprint density at radius 2 is 2.17 bits per heavy atom. The van der Waals surface area contributed by atoms with E-state index in [1.54, 1.807) is 0 Å². The molecule has 1 aliphatic rings. The van der Waals surface area contributed by atoms with Gasteiger partial charge in [0.25, 0.3) is 0 Å². The van der Waals surface area contributed by atoms with E-state index >= 15 is 0 Å². The molecule has 0 aromatic rings. The predicted octanol–water partition coefficient (Wildman–Crippen LogP) is 0.494. The summed E-state index contributed by atoms with van der Waals surface area (Å²) in [6.45, 7) is 4.84. The fourth-order valence-electron chi connectivity index (χ4n) is 1.60. The molecule has 0 bridgehead atoms. The van der Waals surface area contributed by atoms with Crippen LogP contribution in [0.2, 0.25) is 0 Å². The van der Waals surface area contributed by atoms with Crippen molar-refractivity contribution in [2.45, 2.75) is 25.9 Å². The van der Waals surface area contributed by atoms with Crippen molar-refractivity contribution in [1.82, 2.24) is 4.90 Å². The van der Waals surface area contributed by atoms with E-state index in [0.29, 0.717) is 12.5 Å². The van der Waals surface area contributed by atoms with Gasteiger partial charge in [0.15, 0.2) is 0 Å². The van der Waals surface area contributed by atoms with Gasteiger partial charge in [-0.05, 0) is 0 Å². The van der Waals surface area contributed by atoms with Gasteiger partial charge in [-0.3, -0.25) is 0 Å². The molecule has 0 radical (unpaired) electrons. The van der Waals surface area contributed by atoms with Gasteiger partial charge in [0.1, 0.15) is 0 Å². The summed E-state index contributed by atoms with van der Waals surface area (Å²) in [4.78, 5) is 2.17. The van der Waals surface area contributed by atoms with Crippen molar-refractivity contribution < 1.29 is 9.44 Å². The van der Waals surface area contributed by atoms with Crippen LogP contribution in [0, 0.1) is 0 Å². The molecule has 12 heavy (non-hydrogen) atoms. The number of piperidine rings is 1. The molecule has 0 amide bonds. The van der Waals surface area contributed by atoms with Gasteiger partial charge in [-0.15, -0.1) is 0 Å². The van der Waals surface area contributed by atoms with Gasteiger partial charge in [-0.25, -0.2) is 0 Å². The normalized spacial score (nSPS) is 20.8. The molecule has 0 aromatic heterocycles. The molecule has 0 N–H and O–H groups in total. The summed E-state index contributed by atoms with van der Waals surface area (Å²) >= 11 is 0. The number of ether oxygens (including phenoxy) is 1. The quantitative estimate of drug-likeness (QED) is 0.573. The first-order valence-electron chi connectivity index (χ1n) is 4.64. The summed E-state index contributed by atoms with van der Waals surface area (Å²) < 4.78 is 15.7. The molecule has 1 aliphatic heterocycles. The summed E-state index contributed by atoms with van der Waals surface area (Å²) in [5.74, 6) is 0. The molecule has 0 aliphatic carbocycles. The molecule has 4 heteroatoms. The molecule has 1 heterocycles. The molecule has 1 saturated heterocycles. The Bertz CT molecular complexity index is 135. The maximum absolute atomic E-state index is 10.2. The molecule has 0 atom stereocenters. The van der Waals surface area contributed by atoms with E-state index in [9.17, 15) is 4.70 Å². The Labute approximate surface area is 74.3 Å². The zero-order valence-electron chi connectivity index (χ0n) is 7.66. The van der Waals surface area contributed by atoms with Gasteiger partial charge in [0, 0.05) is 0 Å². The SMILES string of the molecule is CCOC1CCN(CB=O)CC1. The summed E-state index contributed by atoms with van der Waals surface area (Å²) in [5.41, 5.74) is 0. The van der Waals surface area contributed by atoms with E-state index in [1.807, 2.05) is 6.92 Å². The molecule has 0 unspecified atom stereocenters. The zero-order valence-corrected chi connectivity index (χ0v) is 7.66. The second-order valence-corrected chi connectivity index (χ2v) is 3.12. The Morgan fingerprint density at radius 3 is 2.67 bits per heavy atom. The Morgan fingerprint density at radius 1 is 1.50 bits per heavy atom. The van der Waals surface area contributed by atoms with Crippen LogP contribution in [-0.4, -0.2) is 44.3 Å². The molecule has 0 aromatic carbocycles. The Kier molecular flexibility index (Phi) is 4.47. The van der Waals surface area contributed by atoms with E-state index in [4.69, 9.17) is 4.74 Å². The van der Waals surface area contributed by atoms with Gasteiger partial charge in [-0.1, -0.05) is 0 Å². The third-order valence-corrected chi connectivity index (χ3v) is 2.27. The third kappa shape index (κ3) is 3.03. The van der Waals surface area contributed by atoms with E-state index in [-0.39, 0.29) is 0 Å². The van der Waals surface area contributed by atoms with E-state index < -0.39 is 0 Å². The second-order valence-electron chi connectivity index (χ2n) is 3.12. The number of likely N-dealkylation sites (tertiary alicyclic amines) is 1. The number of hydrogen-bond donors (Lipinski definition) is 0. The molecular weight excluding hydrogens is 153 g/mol. The first-order chi connectivity index (χ1) is 5.86. The fraction of sp³-hybridized carbons (Fsp3) is 1.00. The first-order valence-corrected chi connectivity index (χ1v) is 4.64. The van der Waals surface area contributed by atoms with Crippen LogP contribution >= 0.6 is 0 Å². The van der Waals surface area contributed by atoms with Crippen LogP contribution in [0.1, 0.15) is 19.8 Å². The van der Waals surface area contributed by atoms with Crippen LogP contribution in [0.3, 0.4) is 0 Å². The summed E-state index contributed by atoms with van der Waals surface area (Å²) in [7, 11) is 0.973. The van der Waals surface area contributed by atoms with Crippen molar-refractivity contribution in [2.24, 2.45) is 0 Å². The van der Waals surface area contributed by atoms with Crippen molar-refractivity contribution in [3.8, 4) is 0 Å². The average molecular weight is 169 g/mol. The molecule has 68 valence electrons. The van der Waals surface area contributed by atoms with Crippen molar-refractivity contribution in [2.75, 3.05) is 26.1 Å². The number of rotatable bonds is 4. The predicted molar refractivity (Wildman–Crippen MR) is 47.5 cm³/mol. The van der Waals surface area contributed by atoms with Crippen LogP contribution < -0.4 is 0 Å². The third-order valence-electron chi connectivity index (χ3n) is 2.27. The topological polar surface area (TPSA) is 29.5 Å². The van der Waals surface area contributed by atoms with Crippen LogP contribution in [0.15, 0.2) is 0 Å². The molecule has 0 spiro atoms. The van der Waals surface area contributed by atoms with Crippen LogP contribution in [0.25, 0.3) is 0 Å².